The molecule has 1 aromatic carbocycles. The molecule has 0 saturated carbocycles. The van der Waals surface area contributed by atoms with Gasteiger partial charge in [-0.2, -0.15) is 0 Å². The zero-order valence-electron chi connectivity index (χ0n) is 13.7. The Morgan fingerprint density at radius 3 is 2.54 bits per heavy atom. The molecule has 0 bridgehead atoms. The lowest BCUT2D eigenvalue weighted by molar-refractivity contribution is -0.124. The van der Waals surface area contributed by atoms with Crippen LogP contribution in [0, 0.1) is 5.92 Å². The summed E-state index contributed by atoms with van der Waals surface area (Å²) in [5.74, 6) is -0.333. The van der Waals surface area contributed by atoms with Crippen molar-refractivity contribution in [2.24, 2.45) is 5.92 Å². The molecule has 0 aliphatic heterocycles. The summed E-state index contributed by atoms with van der Waals surface area (Å²) < 4.78 is 1.01. The molecule has 2 aromatic rings. The Bertz CT molecular complexity index is 687. The lowest BCUT2D eigenvalue weighted by Gasteiger charge is -2.23. The molecule has 0 radical (unpaired) electrons. The fraction of sp³-hybridized carbons (Fsp3) is 0.333. The van der Waals surface area contributed by atoms with Crippen molar-refractivity contribution in [3.05, 3.63) is 56.7 Å². The summed E-state index contributed by atoms with van der Waals surface area (Å²) in [5.41, 5.74) is 0.556. The van der Waals surface area contributed by atoms with E-state index >= 15 is 0 Å². The third kappa shape index (κ3) is 5.18. The van der Waals surface area contributed by atoms with Gasteiger partial charge in [0, 0.05) is 20.3 Å². The molecule has 0 aliphatic rings. The molecular formula is C18H21BrN2O2S. The van der Waals surface area contributed by atoms with Gasteiger partial charge in [-0.3, -0.25) is 9.59 Å². The van der Waals surface area contributed by atoms with Crippen LogP contribution in [0.25, 0.3) is 0 Å². The fourth-order valence-corrected chi connectivity index (χ4v) is 3.64. The predicted octanol–water partition coefficient (Wildman–Crippen LogP) is 3.97. The third-order valence-electron chi connectivity index (χ3n) is 3.88. The van der Waals surface area contributed by atoms with Crippen LogP contribution in [0.5, 0.6) is 0 Å². The summed E-state index contributed by atoms with van der Waals surface area (Å²) in [6, 6.07) is 10.4. The molecule has 4 nitrogen and oxygen atoms in total. The Morgan fingerprint density at radius 2 is 1.96 bits per heavy atom. The number of hydrogen-bond acceptors (Lipinski definition) is 3. The van der Waals surface area contributed by atoms with Crippen molar-refractivity contribution in [2.45, 2.75) is 32.9 Å². The fourth-order valence-electron chi connectivity index (χ4n) is 2.25. The van der Waals surface area contributed by atoms with E-state index in [1.807, 2.05) is 43.5 Å². The van der Waals surface area contributed by atoms with Crippen molar-refractivity contribution in [1.29, 1.82) is 0 Å². The van der Waals surface area contributed by atoms with Gasteiger partial charge in [0.15, 0.2) is 0 Å². The minimum Gasteiger partial charge on any atom is -0.349 e. The molecule has 0 saturated heterocycles. The smallest absolute Gasteiger partial charge is 0.251 e. The largest absolute Gasteiger partial charge is 0.349 e. The highest BCUT2D eigenvalue weighted by molar-refractivity contribution is 9.10. The highest BCUT2D eigenvalue weighted by atomic mass is 79.9. The first-order chi connectivity index (χ1) is 11.5. The minimum absolute atomic E-state index is 0.0488. The van der Waals surface area contributed by atoms with Gasteiger partial charge in [0.05, 0.1) is 6.54 Å². The Hall–Kier alpha value is -1.66. The molecule has 1 aromatic heterocycles. The van der Waals surface area contributed by atoms with Crippen LogP contribution in [0.4, 0.5) is 0 Å². The van der Waals surface area contributed by atoms with Crippen molar-refractivity contribution in [2.75, 3.05) is 0 Å². The van der Waals surface area contributed by atoms with Crippen LogP contribution < -0.4 is 10.6 Å². The first kappa shape index (κ1) is 18.7. The zero-order chi connectivity index (χ0) is 17.5. The molecule has 2 N–H and O–H groups in total. The SMILES string of the molecule is CCC(C)C(NC(=O)c1ccccc1)C(=O)NCc1cc(Br)cs1. The van der Waals surface area contributed by atoms with E-state index in [9.17, 15) is 9.59 Å². The van der Waals surface area contributed by atoms with E-state index in [1.165, 1.54) is 0 Å². The van der Waals surface area contributed by atoms with Crippen LogP contribution in [0.1, 0.15) is 35.5 Å². The van der Waals surface area contributed by atoms with E-state index in [0.29, 0.717) is 12.1 Å². The number of halogens is 1. The molecule has 6 heteroatoms. The van der Waals surface area contributed by atoms with Crippen LogP contribution >= 0.6 is 27.3 Å². The maximum Gasteiger partial charge on any atom is 0.251 e. The molecule has 0 aliphatic carbocycles. The summed E-state index contributed by atoms with van der Waals surface area (Å²) in [7, 11) is 0. The van der Waals surface area contributed by atoms with Gasteiger partial charge < -0.3 is 10.6 Å². The summed E-state index contributed by atoms with van der Waals surface area (Å²) in [4.78, 5) is 26.0. The lowest BCUT2D eigenvalue weighted by Crippen LogP contribution is -2.50. The van der Waals surface area contributed by atoms with Crippen molar-refractivity contribution in [3.8, 4) is 0 Å². The summed E-state index contributed by atoms with van der Waals surface area (Å²) in [6.45, 7) is 4.44. The van der Waals surface area contributed by atoms with Gasteiger partial charge in [-0.05, 0) is 40.0 Å². The monoisotopic (exact) mass is 408 g/mol. The maximum atomic E-state index is 12.6. The van der Waals surface area contributed by atoms with Gasteiger partial charge in [-0.25, -0.2) is 0 Å². The van der Waals surface area contributed by atoms with E-state index < -0.39 is 6.04 Å². The van der Waals surface area contributed by atoms with E-state index in [-0.39, 0.29) is 17.7 Å². The van der Waals surface area contributed by atoms with Gasteiger partial charge in [0.25, 0.3) is 5.91 Å². The van der Waals surface area contributed by atoms with Gasteiger partial charge in [-0.1, -0.05) is 38.5 Å². The number of carbonyl (C=O) groups excluding carboxylic acids is 2. The summed E-state index contributed by atoms with van der Waals surface area (Å²) in [5, 5.41) is 7.77. The van der Waals surface area contributed by atoms with E-state index in [2.05, 4.69) is 26.6 Å². The van der Waals surface area contributed by atoms with Crippen molar-refractivity contribution in [1.82, 2.24) is 10.6 Å². The Labute approximate surface area is 154 Å². The zero-order valence-corrected chi connectivity index (χ0v) is 16.1. The van der Waals surface area contributed by atoms with E-state index in [0.717, 1.165) is 15.8 Å². The first-order valence-corrected chi connectivity index (χ1v) is 9.55. The summed E-state index contributed by atoms with van der Waals surface area (Å²) in [6.07, 6.45) is 0.803. The number of carbonyl (C=O) groups is 2. The number of thiophene rings is 1. The normalized spacial score (nSPS) is 13.1. The third-order valence-corrected chi connectivity index (χ3v) is 5.57. The second kappa shape index (κ2) is 8.99. The average molecular weight is 409 g/mol. The topological polar surface area (TPSA) is 58.2 Å². The van der Waals surface area contributed by atoms with Crippen LogP contribution in [-0.2, 0) is 11.3 Å². The molecule has 1 heterocycles. The molecule has 24 heavy (non-hydrogen) atoms. The highest BCUT2D eigenvalue weighted by Gasteiger charge is 2.26. The Kier molecular flexibility index (Phi) is 6.99. The standard InChI is InChI=1S/C18H21BrN2O2S/c1-3-12(2)16(21-17(22)13-7-5-4-6-8-13)18(23)20-10-15-9-14(19)11-24-15/h4-9,11-12,16H,3,10H2,1-2H3,(H,20,23)(H,21,22). The van der Waals surface area contributed by atoms with Crippen LogP contribution in [0.3, 0.4) is 0 Å². The summed E-state index contributed by atoms with van der Waals surface area (Å²) >= 11 is 4.98. The molecule has 2 atom stereocenters. The lowest BCUT2D eigenvalue weighted by atomic mass is 9.98. The molecule has 2 rings (SSSR count). The molecule has 0 fully saturated rings. The van der Waals surface area contributed by atoms with Gasteiger partial charge >= 0.3 is 0 Å². The molecule has 2 unspecified atom stereocenters. The predicted molar refractivity (Wildman–Crippen MR) is 101 cm³/mol. The number of rotatable bonds is 7. The molecule has 2 amide bonds. The van der Waals surface area contributed by atoms with Gasteiger partial charge in [0.1, 0.15) is 6.04 Å². The maximum absolute atomic E-state index is 12.6. The number of amides is 2. The van der Waals surface area contributed by atoms with Crippen molar-refractivity contribution >= 4 is 39.1 Å². The Balaban J connectivity index is 2.01. The second-order valence-corrected chi connectivity index (χ2v) is 7.56. The van der Waals surface area contributed by atoms with E-state index in [1.54, 1.807) is 23.5 Å². The number of hydrogen-bond donors (Lipinski definition) is 2. The number of nitrogens with one attached hydrogen (secondary N) is 2. The first-order valence-electron chi connectivity index (χ1n) is 7.87. The van der Waals surface area contributed by atoms with Gasteiger partial charge in [0.2, 0.25) is 5.91 Å². The molecular weight excluding hydrogens is 388 g/mol. The van der Waals surface area contributed by atoms with Crippen LogP contribution in [-0.4, -0.2) is 17.9 Å². The van der Waals surface area contributed by atoms with E-state index in [4.69, 9.17) is 0 Å². The number of benzene rings is 1. The molecule has 128 valence electrons. The minimum atomic E-state index is -0.550. The molecule has 0 spiro atoms. The quantitative estimate of drug-likeness (QED) is 0.727. The Morgan fingerprint density at radius 1 is 1.25 bits per heavy atom. The second-order valence-electron chi connectivity index (χ2n) is 5.65. The average Bonchev–Trinajstić information content (AvgIpc) is 3.02. The van der Waals surface area contributed by atoms with Crippen molar-refractivity contribution < 1.29 is 9.59 Å². The van der Waals surface area contributed by atoms with Crippen LogP contribution in [0.2, 0.25) is 0 Å². The van der Waals surface area contributed by atoms with Gasteiger partial charge in [-0.15, -0.1) is 11.3 Å². The van der Waals surface area contributed by atoms with Crippen molar-refractivity contribution in [3.63, 3.8) is 0 Å². The van der Waals surface area contributed by atoms with Crippen LogP contribution in [0.15, 0.2) is 46.3 Å². The highest BCUT2D eigenvalue weighted by Crippen LogP contribution is 2.19.